The first kappa shape index (κ1) is 19.0. The Balaban J connectivity index is 1.71. The van der Waals surface area contributed by atoms with Gasteiger partial charge in [-0.1, -0.05) is 23.7 Å². The molecule has 0 unspecified atom stereocenters. The summed E-state index contributed by atoms with van der Waals surface area (Å²) in [6, 6.07) is 14.2. The summed E-state index contributed by atoms with van der Waals surface area (Å²) in [4.78, 5) is 26.2. The average molecular weight is 410 g/mol. The molecule has 0 radical (unpaired) electrons. The topological polar surface area (TPSA) is 54.3 Å². The van der Waals surface area contributed by atoms with Crippen LogP contribution in [0.1, 0.15) is 17.0 Å². The highest BCUT2D eigenvalue weighted by atomic mass is 35.5. The highest BCUT2D eigenvalue weighted by Crippen LogP contribution is 2.27. The number of urea groups is 1. The molecule has 29 heavy (non-hydrogen) atoms. The lowest BCUT2D eigenvalue weighted by molar-refractivity contribution is -0.113. The monoisotopic (exact) mass is 409 g/mol. The van der Waals surface area contributed by atoms with E-state index >= 15 is 0 Å². The second-order valence-electron chi connectivity index (χ2n) is 6.75. The second kappa shape index (κ2) is 7.22. The first-order chi connectivity index (χ1) is 13.8. The predicted octanol–water partition coefficient (Wildman–Crippen LogP) is 4.98. The maximum Gasteiger partial charge on any atom is 0.333 e. The van der Waals surface area contributed by atoms with E-state index in [1.807, 2.05) is 30.5 Å². The van der Waals surface area contributed by atoms with Gasteiger partial charge >= 0.3 is 6.03 Å². The van der Waals surface area contributed by atoms with Crippen LogP contribution in [0.15, 0.2) is 60.3 Å². The Morgan fingerprint density at radius 3 is 2.45 bits per heavy atom. The fourth-order valence-electron chi connectivity index (χ4n) is 3.49. The minimum Gasteiger partial charge on any atom is -0.318 e. The summed E-state index contributed by atoms with van der Waals surface area (Å²) in [5.41, 5.74) is 3.70. The van der Waals surface area contributed by atoms with Crippen molar-refractivity contribution < 1.29 is 14.0 Å². The fraction of sp³-hybridized carbons (Fsp3) is 0.0909. The molecule has 0 aliphatic carbocycles. The van der Waals surface area contributed by atoms with Gasteiger partial charge in [0.15, 0.2) is 0 Å². The smallest absolute Gasteiger partial charge is 0.318 e. The Labute approximate surface area is 172 Å². The molecule has 7 heteroatoms. The van der Waals surface area contributed by atoms with E-state index in [9.17, 15) is 14.0 Å². The highest BCUT2D eigenvalue weighted by molar-refractivity contribution is 6.32. The summed E-state index contributed by atoms with van der Waals surface area (Å²) >= 11 is 5.98. The van der Waals surface area contributed by atoms with Crippen molar-refractivity contribution in [3.63, 3.8) is 0 Å². The first-order valence-corrected chi connectivity index (χ1v) is 9.30. The van der Waals surface area contributed by atoms with Gasteiger partial charge in [0.2, 0.25) is 0 Å². The minimum absolute atomic E-state index is 0.162. The van der Waals surface area contributed by atoms with Gasteiger partial charge in [0, 0.05) is 22.1 Å². The number of aryl methyl sites for hydroxylation is 1. The first-order valence-electron chi connectivity index (χ1n) is 8.93. The molecule has 4 rings (SSSR count). The standard InChI is InChI=1S/C22H17ClFN3O2/c1-13-9-15(14(2)26(13)19-8-4-6-17(24)12-19)10-20-21(28)27(22(29)25-20)18-7-3-5-16(23)11-18/h3-12H,1-2H3,(H,25,29)/b20-10-. The van der Waals surface area contributed by atoms with Gasteiger partial charge in [0.1, 0.15) is 11.5 Å². The van der Waals surface area contributed by atoms with Gasteiger partial charge in [-0.05, 0) is 68.0 Å². The van der Waals surface area contributed by atoms with Gasteiger partial charge < -0.3 is 9.88 Å². The Morgan fingerprint density at radius 1 is 1.00 bits per heavy atom. The Morgan fingerprint density at radius 2 is 1.72 bits per heavy atom. The van der Waals surface area contributed by atoms with Gasteiger partial charge in [-0.2, -0.15) is 0 Å². The third-order valence-electron chi connectivity index (χ3n) is 4.78. The predicted molar refractivity (Wildman–Crippen MR) is 111 cm³/mol. The van der Waals surface area contributed by atoms with E-state index in [0.29, 0.717) is 16.4 Å². The molecule has 2 aromatic carbocycles. The van der Waals surface area contributed by atoms with Crippen LogP contribution in [0, 0.1) is 19.7 Å². The number of carbonyl (C=O) groups is 2. The summed E-state index contributed by atoms with van der Waals surface area (Å²) in [6.45, 7) is 3.77. The van der Waals surface area contributed by atoms with Crippen LogP contribution < -0.4 is 10.2 Å². The Hall–Kier alpha value is -3.38. The third-order valence-corrected chi connectivity index (χ3v) is 5.02. The van der Waals surface area contributed by atoms with Crippen molar-refractivity contribution in [2.45, 2.75) is 13.8 Å². The number of aromatic nitrogens is 1. The molecule has 1 aliphatic rings. The summed E-state index contributed by atoms with van der Waals surface area (Å²) in [6.07, 6.45) is 1.63. The van der Waals surface area contributed by atoms with Crippen LogP contribution in [-0.2, 0) is 4.79 Å². The van der Waals surface area contributed by atoms with E-state index in [0.717, 1.165) is 21.9 Å². The van der Waals surface area contributed by atoms with Crippen molar-refractivity contribution in [3.05, 3.63) is 88.1 Å². The van der Waals surface area contributed by atoms with E-state index in [4.69, 9.17) is 11.6 Å². The van der Waals surface area contributed by atoms with Crippen LogP contribution in [0.4, 0.5) is 14.9 Å². The van der Waals surface area contributed by atoms with Crippen molar-refractivity contribution in [2.75, 3.05) is 4.90 Å². The van der Waals surface area contributed by atoms with Crippen LogP contribution in [0.25, 0.3) is 11.8 Å². The molecule has 1 N–H and O–H groups in total. The van der Waals surface area contributed by atoms with Crippen molar-refractivity contribution in [1.29, 1.82) is 0 Å². The molecule has 3 amide bonds. The molecule has 1 aromatic heterocycles. The van der Waals surface area contributed by atoms with Crippen LogP contribution in [-0.4, -0.2) is 16.5 Å². The number of amides is 3. The molecule has 5 nitrogen and oxygen atoms in total. The lowest BCUT2D eigenvalue weighted by Gasteiger charge is -2.11. The number of nitrogens with zero attached hydrogens (tertiary/aromatic N) is 2. The van der Waals surface area contributed by atoms with Gasteiger partial charge in [0.05, 0.1) is 5.69 Å². The lowest BCUT2D eigenvalue weighted by Crippen LogP contribution is -2.30. The SMILES string of the molecule is Cc1cc(/C=C2\NC(=O)N(c3cccc(Cl)c3)C2=O)c(C)n1-c1cccc(F)c1. The number of halogens is 2. The molecular formula is C22H17ClFN3O2. The maximum atomic E-state index is 13.6. The zero-order valence-corrected chi connectivity index (χ0v) is 16.5. The van der Waals surface area contributed by atoms with E-state index in [1.165, 1.54) is 12.1 Å². The lowest BCUT2D eigenvalue weighted by atomic mass is 10.2. The molecule has 1 aliphatic heterocycles. The number of hydrogen-bond donors (Lipinski definition) is 1. The number of anilines is 1. The van der Waals surface area contributed by atoms with E-state index in [1.54, 1.807) is 36.4 Å². The van der Waals surface area contributed by atoms with E-state index in [2.05, 4.69) is 5.32 Å². The highest BCUT2D eigenvalue weighted by Gasteiger charge is 2.35. The van der Waals surface area contributed by atoms with Crippen molar-refractivity contribution >= 4 is 35.3 Å². The molecule has 1 fully saturated rings. The molecule has 0 spiro atoms. The summed E-state index contributed by atoms with van der Waals surface area (Å²) in [7, 11) is 0. The van der Waals surface area contributed by atoms with Crippen LogP contribution in [0.2, 0.25) is 5.02 Å². The van der Waals surface area contributed by atoms with Gasteiger partial charge in [-0.15, -0.1) is 0 Å². The van der Waals surface area contributed by atoms with Crippen LogP contribution >= 0.6 is 11.6 Å². The summed E-state index contributed by atoms with van der Waals surface area (Å²) in [5.74, 6) is -0.793. The Kier molecular flexibility index (Phi) is 4.72. The fourth-order valence-corrected chi connectivity index (χ4v) is 3.67. The van der Waals surface area contributed by atoms with Crippen molar-refractivity contribution in [1.82, 2.24) is 9.88 Å². The number of hydrogen-bond acceptors (Lipinski definition) is 2. The molecular weight excluding hydrogens is 393 g/mol. The number of carbonyl (C=O) groups excluding carboxylic acids is 2. The zero-order valence-electron chi connectivity index (χ0n) is 15.7. The molecule has 0 atom stereocenters. The molecule has 0 saturated carbocycles. The summed E-state index contributed by atoms with van der Waals surface area (Å²) < 4.78 is 15.5. The number of imide groups is 1. The van der Waals surface area contributed by atoms with Crippen molar-refractivity contribution in [3.8, 4) is 5.69 Å². The van der Waals surface area contributed by atoms with Gasteiger partial charge in [-0.25, -0.2) is 14.1 Å². The maximum absolute atomic E-state index is 13.6. The van der Waals surface area contributed by atoms with E-state index in [-0.39, 0.29) is 11.5 Å². The second-order valence-corrected chi connectivity index (χ2v) is 7.19. The van der Waals surface area contributed by atoms with Crippen molar-refractivity contribution in [2.24, 2.45) is 0 Å². The molecule has 146 valence electrons. The number of benzene rings is 2. The zero-order chi connectivity index (χ0) is 20.7. The van der Waals surface area contributed by atoms with Gasteiger partial charge in [-0.3, -0.25) is 4.79 Å². The molecule has 3 aromatic rings. The molecule has 2 heterocycles. The summed E-state index contributed by atoms with van der Waals surface area (Å²) in [5, 5.41) is 3.04. The average Bonchev–Trinajstić information content (AvgIpc) is 3.10. The quantitative estimate of drug-likeness (QED) is 0.489. The minimum atomic E-state index is -0.539. The van der Waals surface area contributed by atoms with Crippen LogP contribution in [0.3, 0.4) is 0 Å². The number of rotatable bonds is 3. The van der Waals surface area contributed by atoms with Crippen LogP contribution in [0.5, 0.6) is 0 Å². The normalized spacial score (nSPS) is 15.3. The molecule has 1 saturated heterocycles. The van der Waals surface area contributed by atoms with E-state index < -0.39 is 11.9 Å². The molecule has 0 bridgehead atoms. The van der Waals surface area contributed by atoms with Gasteiger partial charge in [0.25, 0.3) is 5.91 Å². The Bertz CT molecular complexity index is 1180. The number of nitrogens with one attached hydrogen (secondary N) is 1. The third kappa shape index (κ3) is 3.43. The largest absolute Gasteiger partial charge is 0.333 e.